The normalized spacial score (nSPS) is 19.2. The summed E-state index contributed by atoms with van der Waals surface area (Å²) in [7, 11) is 0. The summed E-state index contributed by atoms with van der Waals surface area (Å²) in [6, 6.07) is 5.29. The lowest BCUT2D eigenvalue weighted by Gasteiger charge is -2.13. The van der Waals surface area contributed by atoms with Crippen molar-refractivity contribution in [2.24, 2.45) is 0 Å². The minimum atomic E-state index is -0.398. The van der Waals surface area contributed by atoms with Crippen molar-refractivity contribution in [1.29, 1.82) is 0 Å². The van der Waals surface area contributed by atoms with E-state index in [1.807, 2.05) is 13.0 Å². The van der Waals surface area contributed by atoms with Crippen LogP contribution in [0.2, 0.25) is 0 Å². The molecular weight excluding hydrogens is 220 g/mol. The number of benzene rings is 1. The van der Waals surface area contributed by atoms with Crippen LogP contribution in [0.15, 0.2) is 18.2 Å². The summed E-state index contributed by atoms with van der Waals surface area (Å²) in [6.07, 6.45) is 2.21. The summed E-state index contributed by atoms with van der Waals surface area (Å²) in [5.74, 6) is 0.395. The number of ether oxygens (including phenoxy) is 1. The summed E-state index contributed by atoms with van der Waals surface area (Å²) in [6.45, 7) is 3.32. The molecule has 1 fully saturated rings. The van der Waals surface area contributed by atoms with Gasteiger partial charge < -0.3 is 10.1 Å². The predicted molar refractivity (Wildman–Crippen MR) is 64.4 cm³/mol. The van der Waals surface area contributed by atoms with E-state index in [9.17, 15) is 10.1 Å². The molecule has 0 radical (unpaired) electrons. The quantitative estimate of drug-likeness (QED) is 0.641. The summed E-state index contributed by atoms with van der Waals surface area (Å²) < 4.78 is 5.61. The molecule has 1 aromatic carbocycles. The average molecular weight is 236 g/mol. The number of nitro benzene ring substituents is 1. The minimum Gasteiger partial charge on any atom is -0.485 e. The van der Waals surface area contributed by atoms with Crippen LogP contribution in [-0.2, 0) is 0 Å². The Morgan fingerprint density at radius 2 is 2.41 bits per heavy atom. The van der Waals surface area contributed by atoms with Crippen LogP contribution in [0.1, 0.15) is 18.4 Å². The summed E-state index contributed by atoms with van der Waals surface area (Å²) in [5, 5.41) is 14.2. The second kappa shape index (κ2) is 5.14. The number of rotatable bonds is 4. The van der Waals surface area contributed by atoms with Crippen LogP contribution in [0.25, 0.3) is 0 Å². The summed E-state index contributed by atoms with van der Waals surface area (Å²) >= 11 is 0. The van der Waals surface area contributed by atoms with Gasteiger partial charge >= 0.3 is 5.69 Å². The highest BCUT2D eigenvalue weighted by Gasteiger charge is 2.20. The third kappa shape index (κ3) is 2.74. The molecule has 1 heterocycles. The molecule has 1 N–H and O–H groups in total. The second-order valence-corrected chi connectivity index (χ2v) is 4.28. The molecule has 5 nitrogen and oxygen atoms in total. The van der Waals surface area contributed by atoms with Gasteiger partial charge in [-0.3, -0.25) is 10.1 Å². The van der Waals surface area contributed by atoms with Crippen LogP contribution in [0.4, 0.5) is 5.69 Å². The molecule has 17 heavy (non-hydrogen) atoms. The summed E-state index contributed by atoms with van der Waals surface area (Å²) in [5.41, 5.74) is 0.847. The fourth-order valence-electron chi connectivity index (χ4n) is 2.05. The zero-order valence-corrected chi connectivity index (χ0v) is 9.81. The Balaban J connectivity index is 2.10. The first-order valence-corrected chi connectivity index (χ1v) is 5.78. The SMILES string of the molecule is Cc1cccc([N+](=O)[O-])c1OCC1CCCN1. The zero-order chi connectivity index (χ0) is 12.3. The largest absolute Gasteiger partial charge is 0.485 e. The van der Waals surface area contributed by atoms with E-state index in [2.05, 4.69) is 5.32 Å². The highest BCUT2D eigenvalue weighted by atomic mass is 16.6. The highest BCUT2D eigenvalue weighted by molar-refractivity contribution is 5.51. The maximum Gasteiger partial charge on any atom is 0.311 e. The van der Waals surface area contributed by atoms with Crippen LogP contribution in [0.5, 0.6) is 5.75 Å². The topological polar surface area (TPSA) is 64.4 Å². The van der Waals surface area contributed by atoms with Crippen molar-refractivity contribution in [3.63, 3.8) is 0 Å². The van der Waals surface area contributed by atoms with Gasteiger partial charge in [0.1, 0.15) is 6.61 Å². The maximum absolute atomic E-state index is 10.9. The highest BCUT2D eigenvalue weighted by Crippen LogP contribution is 2.30. The lowest BCUT2D eigenvalue weighted by Crippen LogP contribution is -2.28. The molecule has 1 saturated heterocycles. The van der Waals surface area contributed by atoms with Crippen LogP contribution in [-0.4, -0.2) is 24.1 Å². The zero-order valence-electron chi connectivity index (χ0n) is 9.81. The van der Waals surface area contributed by atoms with Crippen molar-refractivity contribution in [3.05, 3.63) is 33.9 Å². The van der Waals surface area contributed by atoms with Crippen LogP contribution in [0.3, 0.4) is 0 Å². The number of nitrogens with zero attached hydrogens (tertiary/aromatic N) is 1. The molecule has 2 rings (SSSR count). The van der Waals surface area contributed by atoms with Crippen molar-refractivity contribution in [1.82, 2.24) is 5.32 Å². The first-order chi connectivity index (χ1) is 8.18. The Bertz CT molecular complexity index is 414. The van der Waals surface area contributed by atoms with Gasteiger partial charge in [0, 0.05) is 12.1 Å². The van der Waals surface area contributed by atoms with Crippen LogP contribution < -0.4 is 10.1 Å². The maximum atomic E-state index is 10.9. The Kier molecular flexibility index (Phi) is 3.58. The molecule has 5 heteroatoms. The predicted octanol–water partition coefficient (Wildman–Crippen LogP) is 2.03. The first kappa shape index (κ1) is 11.9. The number of hydrogen-bond acceptors (Lipinski definition) is 4. The Hall–Kier alpha value is -1.62. The van der Waals surface area contributed by atoms with E-state index in [0.717, 1.165) is 24.9 Å². The smallest absolute Gasteiger partial charge is 0.311 e. The van der Waals surface area contributed by atoms with Gasteiger partial charge in [0.2, 0.25) is 0 Å². The molecule has 1 aliphatic heterocycles. The van der Waals surface area contributed by atoms with Gasteiger partial charge in [-0.05, 0) is 31.9 Å². The van der Waals surface area contributed by atoms with E-state index >= 15 is 0 Å². The lowest BCUT2D eigenvalue weighted by molar-refractivity contribution is -0.385. The molecule has 1 aromatic rings. The number of nitro groups is 1. The molecule has 1 aliphatic rings. The molecule has 92 valence electrons. The lowest BCUT2D eigenvalue weighted by atomic mass is 10.2. The third-order valence-corrected chi connectivity index (χ3v) is 2.98. The van der Waals surface area contributed by atoms with Crippen molar-refractivity contribution < 1.29 is 9.66 Å². The third-order valence-electron chi connectivity index (χ3n) is 2.98. The van der Waals surface area contributed by atoms with Gasteiger partial charge in [-0.15, -0.1) is 0 Å². The Morgan fingerprint density at radius 1 is 1.59 bits per heavy atom. The number of hydrogen-bond donors (Lipinski definition) is 1. The minimum absolute atomic E-state index is 0.0444. The number of para-hydroxylation sites is 1. The van der Waals surface area contributed by atoms with Gasteiger partial charge in [-0.1, -0.05) is 12.1 Å². The molecule has 0 aromatic heterocycles. The van der Waals surface area contributed by atoms with Gasteiger partial charge in [-0.25, -0.2) is 0 Å². The van der Waals surface area contributed by atoms with E-state index in [1.165, 1.54) is 6.07 Å². The number of nitrogens with one attached hydrogen (secondary N) is 1. The van der Waals surface area contributed by atoms with Gasteiger partial charge in [0.25, 0.3) is 0 Å². The molecule has 0 aliphatic carbocycles. The summed E-state index contributed by atoms with van der Waals surface area (Å²) in [4.78, 5) is 10.5. The Labute approximate surface area is 99.9 Å². The second-order valence-electron chi connectivity index (χ2n) is 4.28. The fraction of sp³-hybridized carbons (Fsp3) is 0.500. The van der Waals surface area contributed by atoms with Crippen LogP contribution in [0, 0.1) is 17.0 Å². The van der Waals surface area contributed by atoms with Gasteiger partial charge in [0.05, 0.1) is 4.92 Å². The standard InChI is InChI=1S/C12H16N2O3/c1-9-4-2-6-11(14(15)16)12(9)17-8-10-5-3-7-13-10/h2,4,6,10,13H,3,5,7-8H2,1H3. The van der Waals surface area contributed by atoms with Crippen LogP contribution >= 0.6 is 0 Å². The van der Waals surface area contributed by atoms with Crippen molar-refractivity contribution in [2.45, 2.75) is 25.8 Å². The Morgan fingerprint density at radius 3 is 3.06 bits per heavy atom. The molecule has 1 atom stereocenters. The van der Waals surface area contributed by atoms with Gasteiger partial charge in [-0.2, -0.15) is 0 Å². The fourth-order valence-corrected chi connectivity index (χ4v) is 2.05. The average Bonchev–Trinajstić information content (AvgIpc) is 2.80. The van der Waals surface area contributed by atoms with E-state index in [4.69, 9.17) is 4.74 Å². The van der Waals surface area contributed by atoms with Gasteiger partial charge in [0.15, 0.2) is 5.75 Å². The van der Waals surface area contributed by atoms with E-state index in [-0.39, 0.29) is 5.69 Å². The monoisotopic (exact) mass is 236 g/mol. The van der Waals surface area contributed by atoms with Crippen molar-refractivity contribution in [3.8, 4) is 5.75 Å². The molecule has 0 amide bonds. The van der Waals surface area contributed by atoms with Crippen molar-refractivity contribution in [2.75, 3.05) is 13.2 Å². The molecule has 0 spiro atoms. The molecule has 1 unspecified atom stereocenters. The van der Waals surface area contributed by atoms with E-state index in [0.29, 0.717) is 18.4 Å². The molecule has 0 saturated carbocycles. The van der Waals surface area contributed by atoms with E-state index in [1.54, 1.807) is 6.07 Å². The molecular formula is C12H16N2O3. The van der Waals surface area contributed by atoms with E-state index < -0.39 is 4.92 Å². The van der Waals surface area contributed by atoms with Crippen molar-refractivity contribution >= 4 is 5.69 Å². The molecule has 0 bridgehead atoms. The first-order valence-electron chi connectivity index (χ1n) is 5.78. The number of aryl methyl sites for hydroxylation is 1.